The number of carbonyl (C=O) groups is 2. The first-order chi connectivity index (χ1) is 15.4. The summed E-state index contributed by atoms with van der Waals surface area (Å²) >= 11 is 0. The third-order valence-electron chi connectivity index (χ3n) is 7.56. The highest BCUT2D eigenvalue weighted by Gasteiger charge is 2.48. The van der Waals surface area contributed by atoms with Gasteiger partial charge in [0.25, 0.3) is 0 Å². The number of amides is 2. The van der Waals surface area contributed by atoms with Gasteiger partial charge in [-0.2, -0.15) is 13.2 Å². The molecule has 0 unspecified atom stereocenters. The van der Waals surface area contributed by atoms with E-state index in [2.05, 4.69) is 0 Å². The van der Waals surface area contributed by atoms with Gasteiger partial charge in [0.2, 0.25) is 11.8 Å². The summed E-state index contributed by atoms with van der Waals surface area (Å²) < 4.78 is 40.9. The monoisotopic (exact) mass is 450 g/mol. The van der Waals surface area contributed by atoms with Crippen LogP contribution in [0.2, 0.25) is 0 Å². The molecule has 1 saturated carbocycles. The Kier molecular flexibility index (Phi) is 7.11. The van der Waals surface area contributed by atoms with Gasteiger partial charge < -0.3 is 9.80 Å². The van der Waals surface area contributed by atoms with Crippen molar-refractivity contribution in [3.8, 4) is 0 Å². The number of halogens is 3. The van der Waals surface area contributed by atoms with Crippen LogP contribution in [-0.2, 0) is 9.59 Å². The molecular weight excluding hydrogens is 417 g/mol. The van der Waals surface area contributed by atoms with Crippen LogP contribution < -0.4 is 0 Å². The number of hydrogen-bond donors (Lipinski definition) is 0. The van der Waals surface area contributed by atoms with E-state index in [-0.39, 0.29) is 42.7 Å². The zero-order valence-corrected chi connectivity index (χ0v) is 18.5. The number of hydrogen-bond acceptors (Lipinski definition) is 2. The minimum Gasteiger partial charge on any atom is -0.341 e. The first-order valence-electron chi connectivity index (χ1n) is 12.1. The highest BCUT2D eigenvalue weighted by Crippen LogP contribution is 2.42. The summed E-state index contributed by atoms with van der Waals surface area (Å²) in [5.74, 6) is -1.33. The highest BCUT2D eigenvalue weighted by molar-refractivity contribution is 5.89. The Morgan fingerprint density at radius 3 is 2.38 bits per heavy atom. The van der Waals surface area contributed by atoms with Crippen LogP contribution in [-0.4, -0.2) is 53.0 Å². The van der Waals surface area contributed by atoms with Gasteiger partial charge in [0, 0.05) is 25.6 Å². The van der Waals surface area contributed by atoms with Crippen molar-refractivity contribution in [3.05, 3.63) is 35.9 Å². The molecule has 2 aliphatic heterocycles. The van der Waals surface area contributed by atoms with E-state index in [1.807, 2.05) is 4.90 Å². The van der Waals surface area contributed by atoms with Crippen molar-refractivity contribution in [2.75, 3.05) is 13.1 Å². The van der Waals surface area contributed by atoms with Crippen LogP contribution in [0, 0.1) is 5.92 Å². The molecule has 2 amide bonds. The van der Waals surface area contributed by atoms with Crippen molar-refractivity contribution >= 4 is 11.8 Å². The number of benzene rings is 1. The number of fused-ring (bicyclic) bond motifs is 1. The Hall–Kier alpha value is -2.05. The minimum absolute atomic E-state index is 0.0442. The second kappa shape index (κ2) is 9.84. The summed E-state index contributed by atoms with van der Waals surface area (Å²) in [6, 6.07) is 7.56. The molecule has 1 aromatic carbocycles. The van der Waals surface area contributed by atoms with Crippen LogP contribution >= 0.6 is 0 Å². The lowest BCUT2D eigenvalue weighted by molar-refractivity contribution is -0.153. The fourth-order valence-electron chi connectivity index (χ4n) is 5.98. The topological polar surface area (TPSA) is 40.6 Å². The quantitative estimate of drug-likeness (QED) is 0.591. The fraction of sp³-hybridized carbons (Fsp3) is 0.680. The van der Waals surface area contributed by atoms with E-state index >= 15 is 0 Å². The number of likely N-dealkylation sites (tertiary alicyclic amines) is 2. The number of nitrogens with zero attached hydrogens (tertiary/aromatic N) is 2. The molecule has 4 nitrogen and oxygen atoms in total. The van der Waals surface area contributed by atoms with Crippen LogP contribution in [0.15, 0.2) is 30.3 Å². The maximum absolute atomic E-state index is 13.6. The van der Waals surface area contributed by atoms with Crippen molar-refractivity contribution in [2.45, 2.75) is 88.4 Å². The molecule has 3 aliphatic rings. The molecule has 4 atom stereocenters. The Labute approximate surface area is 188 Å². The van der Waals surface area contributed by atoms with Crippen LogP contribution in [0.1, 0.15) is 75.7 Å². The van der Waals surface area contributed by atoms with E-state index in [9.17, 15) is 22.8 Å². The SMILES string of the molecule is O=C([C@@H]1C[C@@H]2CCCC[C@@H]2N1C(=O)CCC[C@@H](c1ccccc1)C(F)(F)F)N1CCCC1. The van der Waals surface area contributed by atoms with Crippen molar-refractivity contribution in [1.29, 1.82) is 0 Å². The molecule has 0 aromatic heterocycles. The van der Waals surface area contributed by atoms with Gasteiger partial charge in [0.05, 0.1) is 5.92 Å². The second-order valence-corrected chi connectivity index (χ2v) is 9.59. The molecule has 2 saturated heterocycles. The summed E-state index contributed by atoms with van der Waals surface area (Å²) in [7, 11) is 0. The lowest BCUT2D eigenvalue weighted by atomic mass is 9.84. The molecule has 3 fully saturated rings. The molecule has 0 spiro atoms. The first-order valence-corrected chi connectivity index (χ1v) is 12.1. The average Bonchev–Trinajstić information content (AvgIpc) is 3.44. The molecule has 1 aliphatic carbocycles. The standard InChI is InChI=1S/C25H33F3N2O2/c26-25(27,28)20(18-9-2-1-3-10-18)12-8-14-23(31)30-21-13-5-4-11-19(21)17-22(30)24(32)29-15-6-7-16-29/h1-3,9-10,19-22H,4-8,11-17H2/t19-,20-,21-,22-/m0/s1. The minimum atomic E-state index is -4.35. The lowest BCUT2D eigenvalue weighted by Gasteiger charge is -2.35. The van der Waals surface area contributed by atoms with Gasteiger partial charge in [-0.15, -0.1) is 0 Å². The van der Waals surface area contributed by atoms with Crippen LogP contribution in [0.4, 0.5) is 13.2 Å². The van der Waals surface area contributed by atoms with E-state index < -0.39 is 18.1 Å². The molecule has 4 rings (SSSR count). The third-order valence-corrected chi connectivity index (χ3v) is 7.56. The van der Waals surface area contributed by atoms with E-state index in [1.54, 1.807) is 23.1 Å². The fourth-order valence-corrected chi connectivity index (χ4v) is 5.98. The van der Waals surface area contributed by atoms with Crippen molar-refractivity contribution in [3.63, 3.8) is 0 Å². The Balaban J connectivity index is 1.43. The van der Waals surface area contributed by atoms with Gasteiger partial charge in [-0.1, -0.05) is 43.2 Å². The maximum atomic E-state index is 13.6. The van der Waals surface area contributed by atoms with E-state index in [0.717, 1.165) is 51.6 Å². The number of alkyl halides is 3. The Bertz CT molecular complexity index is 792. The van der Waals surface area contributed by atoms with Gasteiger partial charge >= 0.3 is 6.18 Å². The molecule has 1 aromatic rings. The summed E-state index contributed by atoms with van der Waals surface area (Å²) in [6.45, 7) is 1.49. The van der Waals surface area contributed by atoms with Crippen molar-refractivity contribution in [1.82, 2.24) is 9.80 Å². The zero-order chi connectivity index (χ0) is 22.7. The Morgan fingerprint density at radius 2 is 1.69 bits per heavy atom. The number of carbonyl (C=O) groups excluding carboxylic acids is 2. The summed E-state index contributed by atoms with van der Waals surface area (Å²) in [6.07, 6.45) is 2.56. The molecule has 0 radical (unpaired) electrons. The molecule has 32 heavy (non-hydrogen) atoms. The number of rotatable bonds is 6. The van der Waals surface area contributed by atoms with Gasteiger partial charge in [0.15, 0.2) is 0 Å². The van der Waals surface area contributed by atoms with Gasteiger partial charge in [0.1, 0.15) is 6.04 Å². The van der Waals surface area contributed by atoms with E-state index in [1.165, 1.54) is 12.1 Å². The van der Waals surface area contributed by atoms with Crippen molar-refractivity contribution in [2.24, 2.45) is 5.92 Å². The molecule has 0 N–H and O–H groups in total. The Morgan fingerprint density at radius 1 is 1.00 bits per heavy atom. The predicted octanol–water partition coefficient (Wildman–Crippen LogP) is 5.28. The van der Waals surface area contributed by atoms with Crippen LogP contribution in [0.5, 0.6) is 0 Å². The third kappa shape index (κ3) is 4.96. The van der Waals surface area contributed by atoms with E-state index in [4.69, 9.17) is 0 Å². The maximum Gasteiger partial charge on any atom is 0.395 e. The summed E-state index contributed by atoms with van der Waals surface area (Å²) in [4.78, 5) is 30.1. The lowest BCUT2D eigenvalue weighted by Crippen LogP contribution is -2.50. The van der Waals surface area contributed by atoms with E-state index in [0.29, 0.717) is 12.3 Å². The summed E-state index contributed by atoms with van der Waals surface area (Å²) in [5.41, 5.74) is 0.239. The van der Waals surface area contributed by atoms with Gasteiger partial charge in [-0.3, -0.25) is 9.59 Å². The molecular formula is C25H33F3N2O2. The van der Waals surface area contributed by atoms with Gasteiger partial charge in [-0.25, -0.2) is 0 Å². The van der Waals surface area contributed by atoms with Crippen LogP contribution in [0.3, 0.4) is 0 Å². The highest BCUT2D eigenvalue weighted by atomic mass is 19.4. The van der Waals surface area contributed by atoms with Crippen molar-refractivity contribution < 1.29 is 22.8 Å². The second-order valence-electron chi connectivity index (χ2n) is 9.59. The molecule has 7 heteroatoms. The van der Waals surface area contributed by atoms with Crippen LogP contribution in [0.25, 0.3) is 0 Å². The normalized spacial score (nSPS) is 26.8. The zero-order valence-electron chi connectivity index (χ0n) is 18.5. The molecule has 0 bridgehead atoms. The summed E-state index contributed by atoms with van der Waals surface area (Å²) in [5, 5.41) is 0. The molecule has 2 heterocycles. The smallest absolute Gasteiger partial charge is 0.341 e. The first kappa shape index (κ1) is 23.1. The van der Waals surface area contributed by atoms with Gasteiger partial charge in [-0.05, 0) is 56.4 Å². The predicted molar refractivity (Wildman–Crippen MR) is 116 cm³/mol. The molecule has 176 valence electrons. The largest absolute Gasteiger partial charge is 0.395 e. The average molecular weight is 451 g/mol.